The number of rotatable bonds is 5. The highest BCUT2D eigenvalue weighted by Crippen LogP contribution is 2.61. The van der Waals surface area contributed by atoms with Gasteiger partial charge in [-0.2, -0.15) is 0 Å². The lowest BCUT2D eigenvalue weighted by Gasteiger charge is -2.57. The lowest BCUT2D eigenvalue weighted by molar-refractivity contribution is -0.00508. The fourth-order valence-corrected chi connectivity index (χ4v) is 11.0. The molecule has 0 unspecified atom stereocenters. The Hall–Kier alpha value is -5.27. The van der Waals surface area contributed by atoms with E-state index in [1.54, 1.807) is 5.56 Å². The van der Waals surface area contributed by atoms with Gasteiger partial charge in [0, 0.05) is 12.4 Å². The molecule has 1 heterocycles. The largest absolute Gasteiger partial charge is 0.264 e. The van der Waals surface area contributed by atoms with Crippen molar-refractivity contribution in [1.29, 1.82) is 0 Å². The molecule has 0 atom stereocenters. The molecule has 7 aromatic carbocycles. The average molecular weight is 642 g/mol. The highest BCUT2D eigenvalue weighted by molar-refractivity contribution is 6.28. The Balaban J connectivity index is 1.11. The number of pyridine rings is 1. The summed E-state index contributed by atoms with van der Waals surface area (Å²) < 4.78 is 0. The maximum Gasteiger partial charge on any atom is 0.0346 e. The van der Waals surface area contributed by atoms with Crippen molar-refractivity contribution in [3.05, 3.63) is 151 Å². The minimum atomic E-state index is 0.381. The molecule has 12 rings (SSSR count). The van der Waals surface area contributed by atoms with Gasteiger partial charge in [-0.25, -0.2) is 0 Å². The molecule has 0 saturated heterocycles. The number of hydrogen-bond donors (Lipinski definition) is 0. The van der Waals surface area contributed by atoms with Crippen LogP contribution >= 0.6 is 0 Å². The van der Waals surface area contributed by atoms with E-state index in [9.17, 15) is 0 Å². The topological polar surface area (TPSA) is 12.9 Å². The fourth-order valence-electron chi connectivity index (χ4n) is 11.0. The number of nitrogens with zero attached hydrogens (tertiary/aromatic N) is 1. The van der Waals surface area contributed by atoms with Gasteiger partial charge < -0.3 is 0 Å². The molecule has 4 fully saturated rings. The van der Waals surface area contributed by atoms with Gasteiger partial charge in [0.05, 0.1) is 0 Å². The summed E-state index contributed by atoms with van der Waals surface area (Å²) in [6, 6.07) is 50.5. The van der Waals surface area contributed by atoms with Crippen molar-refractivity contribution in [2.45, 2.75) is 43.9 Å². The first-order chi connectivity index (χ1) is 24.7. The Bertz CT molecular complexity index is 2340. The van der Waals surface area contributed by atoms with Crippen LogP contribution in [0.3, 0.4) is 0 Å². The molecule has 4 aliphatic rings. The Labute approximate surface area is 294 Å². The third-order valence-corrected chi connectivity index (χ3v) is 12.9. The smallest absolute Gasteiger partial charge is 0.0346 e. The monoisotopic (exact) mass is 641 g/mol. The van der Waals surface area contributed by atoms with Crippen LogP contribution in [0.15, 0.2) is 146 Å². The fraction of sp³-hybridized carbons (Fsp3) is 0.204. The molecule has 0 aliphatic heterocycles. The van der Waals surface area contributed by atoms with E-state index < -0.39 is 0 Å². The van der Waals surface area contributed by atoms with Crippen LogP contribution in [0.2, 0.25) is 0 Å². The van der Waals surface area contributed by atoms with Gasteiger partial charge in [-0.15, -0.1) is 0 Å². The van der Waals surface area contributed by atoms with E-state index in [-0.39, 0.29) is 0 Å². The molecule has 0 radical (unpaired) electrons. The van der Waals surface area contributed by atoms with Gasteiger partial charge in [0.1, 0.15) is 0 Å². The van der Waals surface area contributed by atoms with E-state index in [1.165, 1.54) is 110 Å². The molecule has 4 aliphatic carbocycles. The summed E-state index contributed by atoms with van der Waals surface area (Å²) in [4.78, 5) is 4.36. The second-order valence-electron chi connectivity index (χ2n) is 15.8. The van der Waals surface area contributed by atoms with Gasteiger partial charge in [-0.3, -0.25) is 4.98 Å². The number of benzene rings is 7. The van der Waals surface area contributed by atoms with Gasteiger partial charge in [0.15, 0.2) is 0 Å². The summed E-state index contributed by atoms with van der Waals surface area (Å²) in [5.41, 5.74) is 11.9. The van der Waals surface area contributed by atoms with Crippen LogP contribution in [0.1, 0.15) is 44.1 Å². The predicted octanol–water partition coefficient (Wildman–Crippen LogP) is 13.1. The van der Waals surface area contributed by atoms with Gasteiger partial charge >= 0.3 is 0 Å². The molecular formula is C49H39N. The Morgan fingerprint density at radius 2 is 0.940 bits per heavy atom. The minimum absolute atomic E-state index is 0.381. The maximum absolute atomic E-state index is 4.36. The van der Waals surface area contributed by atoms with Crippen LogP contribution in [0.25, 0.3) is 76.8 Å². The third kappa shape index (κ3) is 4.42. The van der Waals surface area contributed by atoms with Crippen molar-refractivity contribution < 1.29 is 0 Å². The average Bonchev–Trinajstić information content (AvgIpc) is 3.17. The SMILES string of the molecule is c1ccc(-c2ccc(-c3cc(-c4ccc(-c5cccnc5)cc4)c4ccc5cc(C67CC8CC(CC(C8)C6)C7)cc6ccc3c4c65)cc2)cc1. The Morgan fingerprint density at radius 3 is 1.48 bits per heavy atom. The molecule has 0 spiro atoms. The Morgan fingerprint density at radius 1 is 0.440 bits per heavy atom. The molecule has 50 heavy (non-hydrogen) atoms. The minimum Gasteiger partial charge on any atom is -0.264 e. The first-order valence-electron chi connectivity index (χ1n) is 18.6. The second kappa shape index (κ2) is 10.9. The van der Waals surface area contributed by atoms with Crippen molar-refractivity contribution in [2.24, 2.45) is 17.8 Å². The zero-order valence-electron chi connectivity index (χ0n) is 28.3. The molecule has 0 amide bonds. The third-order valence-electron chi connectivity index (χ3n) is 12.9. The van der Waals surface area contributed by atoms with E-state index in [0.29, 0.717) is 5.41 Å². The Kier molecular flexibility index (Phi) is 6.20. The van der Waals surface area contributed by atoms with Crippen LogP contribution in [-0.4, -0.2) is 4.98 Å². The van der Waals surface area contributed by atoms with Crippen LogP contribution in [0.4, 0.5) is 0 Å². The van der Waals surface area contributed by atoms with Crippen LogP contribution < -0.4 is 0 Å². The van der Waals surface area contributed by atoms with Gasteiger partial charge in [-0.1, -0.05) is 121 Å². The van der Waals surface area contributed by atoms with Gasteiger partial charge in [0.2, 0.25) is 0 Å². The first-order valence-corrected chi connectivity index (χ1v) is 18.6. The quantitative estimate of drug-likeness (QED) is 0.170. The van der Waals surface area contributed by atoms with Crippen molar-refractivity contribution in [3.8, 4) is 44.5 Å². The zero-order valence-corrected chi connectivity index (χ0v) is 28.3. The van der Waals surface area contributed by atoms with Crippen LogP contribution in [0, 0.1) is 17.8 Å². The van der Waals surface area contributed by atoms with Crippen LogP contribution in [-0.2, 0) is 5.41 Å². The summed E-state index contributed by atoms with van der Waals surface area (Å²) in [6.07, 6.45) is 12.4. The standard InChI is InChI=1S/C49H39N/c1-2-5-34(6-3-1)35-8-12-37(13-9-35)45-26-46(38-14-10-36(11-15-38)41-7-4-20-50-30-41)44-19-17-40-25-42(24-39-16-18-43(45)48(44)47(39)40)49-27-31-21-32(28-49)23-33(22-31)29-49/h1-20,24-26,30-33H,21-23,27-29H2. The number of hydrogen-bond acceptors (Lipinski definition) is 1. The zero-order chi connectivity index (χ0) is 32.8. The molecule has 8 aromatic rings. The molecular weight excluding hydrogens is 603 g/mol. The lowest BCUT2D eigenvalue weighted by Crippen LogP contribution is -2.48. The highest BCUT2D eigenvalue weighted by atomic mass is 14.6. The van der Waals surface area contributed by atoms with Crippen molar-refractivity contribution in [3.63, 3.8) is 0 Å². The van der Waals surface area contributed by atoms with E-state index in [2.05, 4.69) is 132 Å². The highest BCUT2D eigenvalue weighted by Gasteiger charge is 2.51. The van der Waals surface area contributed by atoms with Gasteiger partial charge in [0.25, 0.3) is 0 Å². The summed E-state index contributed by atoms with van der Waals surface area (Å²) in [6.45, 7) is 0. The molecule has 240 valence electrons. The summed E-state index contributed by atoms with van der Waals surface area (Å²) >= 11 is 0. The maximum atomic E-state index is 4.36. The molecule has 1 heteroatoms. The molecule has 4 saturated carbocycles. The second-order valence-corrected chi connectivity index (χ2v) is 15.8. The van der Waals surface area contributed by atoms with E-state index in [1.807, 2.05) is 18.5 Å². The predicted molar refractivity (Wildman–Crippen MR) is 210 cm³/mol. The molecule has 0 N–H and O–H groups in total. The summed E-state index contributed by atoms with van der Waals surface area (Å²) in [5.74, 6) is 2.82. The van der Waals surface area contributed by atoms with E-state index in [4.69, 9.17) is 0 Å². The first kappa shape index (κ1) is 28.6. The molecule has 1 aromatic heterocycles. The number of aromatic nitrogens is 1. The lowest BCUT2D eigenvalue weighted by atomic mass is 9.48. The van der Waals surface area contributed by atoms with Gasteiger partial charge in [-0.05, 0) is 156 Å². The summed E-state index contributed by atoms with van der Waals surface area (Å²) in [7, 11) is 0. The van der Waals surface area contributed by atoms with Crippen molar-refractivity contribution in [1.82, 2.24) is 4.98 Å². The van der Waals surface area contributed by atoms with Crippen molar-refractivity contribution in [2.75, 3.05) is 0 Å². The van der Waals surface area contributed by atoms with E-state index >= 15 is 0 Å². The van der Waals surface area contributed by atoms with Crippen molar-refractivity contribution >= 4 is 32.3 Å². The summed E-state index contributed by atoms with van der Waals surface area (Å²) in [5, 5.41) is 8.29. The molecule has 4 bridgehead atoms. The molecule has 1 nitrogen and oxygen atoms in total. The van der Waals surface area contributed by atoms with Crippen LogP contribution in [0.5, 0.6) is 0 Å². The van der Waals surface area contributed by atoms with E-state index in [0.717, 1.165) is 23.3 Å². The normalized spacial score (nSPS) is 22.6.